The van der Waals surface area contributed by atoms with Gasteiger partial charge < -0.3 is 0 Å². The van der Waals surface area contributed by atoms with Crippen LogP contribution in [-0.4, -0.2) is 10.7 Å². The molecule has 2 rings (SSSR count). The largest absolute Gasteiger partial charge is 0.249 e. The highest BCUT2D eigenvalue weighted by atomic mass is 32.2. The van der Waals surface area contributed by atoms with Gasteiger partial charge in [-0.25, -0.2) is 4.98 Å². The lowest BCUT2D eigenvalue weighted by molar-refractivity contribution is 1.09. The summed E-state index contributed by atoms with van der Waals surface area (Å²) < 4.78 is 0. The highest BCUT2D eigenvalue weighted by molar-refractivity contribution is 7.99. The van der Waals surface area contributed by atoms with Crippen molar-refractivity contribution in [2.24, 2.45) is 0 Å². The van der Waals surface area contributed by atoms with Gasteiger partial charge in [-0.2, -0.15) is 0 Å². The molecule has 2 aromatic rings. The molecule has 1 heterocycles. The number of hydrogen-bond donors (Lipinski definition) is 0. The van der Waals surface area contributed by atoms with Gasteiger partial charge in [0.1, 0.15) is 0 Å². The standard InChI is InChI=1S/C12H13NS/c1-2-7-14-12-8-10-5-3-4-6-11(10)9-13-12/h3-6,8-9H,2,7H2,1H3. The minimum absolute atomic E-state index is 1.13. The fraction of sp³-hybridized carbons (Fsp3) is 0.250. The van der Waals surface area contributed by atoms with E-state index in [1.807, 2.05) is 24.0 Å². The molecule has 14 heavy (non-hydrogen) atoms. The van der Waals surface area contributed by atoms with E-state index < -0.39 is 0 Å². The maximum absolute atomic E-state index is 4.41. The molecule has 72 valence electrons. The molecule has 0 fully saturated rings. The topological polar surface area (TPSA) is 12.9 Å². The van der Waals surface area contributed by atoms with Gasteiger partial charge in [-0.3, -0.25) is 0 Å². The van der Waals surface area contributed by atoms with E-state index in [9.17, 15) is 0 Å². The van der Waals surface area contributed by atoms with Crippen LogP contribution in [-0.2, 0) is 0 Å². The predicted octanol–water partition coefficient (Wildman–Crippen LogP) is 3.74. The van der Waals surface area contributed by atoms with Gasteiger partial charge in [0.25, 0.3) is 0 Å². The molecule has 0 saturated heterocycles. The quantitative estimate of drug-likeness (QED) is 0.705. The van der Waals surface area contributed by atoms with E-state index in [1.165, 1.54) is 17.2 Å². The van der Waals surface area contributed by atoms with E-state index in [0.717, 1.165) is 10.8 Å². The summed E-state index contributed by atoms with van der Waals surface area (Å²) in [5, 5.41) is 3.63. The number of benzene rings is 1. The molecule has 0 N–H and O–H groups in total. The van der Waals surface area contributed by atoms with Gasteiger partial charge in [0.05, 0.1) is 5.03 Å². The molecule has 0 aliphatic heterocycles. The predicted molar refractivity (Wildman–Crippen MR) is 62.8 cm³/mol. The van der Waals surface area contributed by atoms with Crippen molar-refractivity contribution in [3.63, 3.8) is 0 Å². The zero-order valence-corrected chi connectivity index (χ0v) is 9.05. The number of rotatable bonds is 3. The first-order chi connectivity index (χ1) is 6.90. The van der Waals surface area contributed by atoms with Crippen molar-refractivity contribution < 1.29 is 0 Å². The molecular formula is C12H13NS. The van der Waals surface area contributed by atoms with E-state index in [0.29, 0.717) is 0 Å². The summed E-state index contributed by atoms with van der Waals surface area (Å²) in [7, 11) is 0. The second-order valence-corrected chi connectivity index (χ2v) is 4.33. The number of thioether (sulfide) groups is 1. The second kappa shape index (κ2) is 4.47. The molecule has 0 saturated carbocycles. The summed E-state index contributed by atoms with van der Waals surface area (Å²) in [6.07, 6.45) is 3.15. The average Bonchev–Trinajstić information content (AvgIpc) is 2.26. The van der Waals surface area contributed by atoms with Gasteiger partial charge in [-0.1, -0.05) is 31.2 Å². The van der Waals surface area contributed by atoms with Crippen LogP contribution >= 0.6 is 11.8 Å². The summed E-state index contributed by atoms with van der Waals surface area (Å²) in [6, 6.07) is 10.5. The number of pyridine rings is 1. The summed E-state index contributed by atoms with van der Waals surface area (Å²) in [5.74, 6) is 1.14. The van der Waals surface area contributed by atoms with Crippen LogP contribution in [0.5, 0.6) is 0 Å². The zero-order chi connectivity index (χ0) is 9.80. The molecular weight excluding hydrogens is 190 g/mol. The van der Waals surface area contributed by atoms with Crippen molar-refractivity contribution in [2.45, 2.75) is 18.4 Å². The molecule has 0 aliphatic rings. The van der Waals surface area contributed by atoms with Gasteiger partial charge in [-0.05, 0) is 23.6 Å². The van der Waals surface area contributed by atoms with Crippen LogP contribution in [0.25, 0.3) is 10.8 Å². The van der Waals surface area contributed by atoms with E-state index >= 15 is 0 Å². The lowest BCUT2D eigenvalue weighted by Gasteiger charge is -2.01. The minimum atomic E-state index is 1.13. The third kappa shape index (κ3) is 2.07. The molecule has 0 amide bonds. The fourth-order valence-corrected chi connectivity index (χ4v) is 2.10. The van der Waals surface area contributed by atoms with E-state index in [1.54, 1.807) is 0 Å². The van der Waals surface area contributed by atoms with Crippen LogP contribution in [0.15, 0.2) is 41.6 Å². The highest BCUT2D eigenvalue weighted by Gasteiger charge is 1.96. The van der Waals surface area contributed by atoms with Crippen molar-refractivity contribution in [3.8, 4) is 0 Å². The Kier molecular flexibility index (Phi) is 3.04. The van der Waals surface area contributed by atoms with E-state index in [4.69, 9.17) is 0 Å². The second-order valence-electron chi connectivity index (χ2n) is 3.22. The number of hydrogen-bond acceptors (Lipinski definition) is 2. The zero-order valence-electron chi connectivity index (χ0n) is 8.23. The lowest BCUT2D eigenvalue weighted by atomic mass is 10.2. The maximum atomic E-state index is 4.41. The summed E-state index contributed by atoms with van der Waals surface area (Å²) in [5.41, 5.74) is 0. The van der Waals surface area contributed by atoms with Crippen molar-refractivity contribution in [3.05, 3.63) is 36.5 Å². The molecule has 0 unspecified atom stereocenters. The van der Waals surface area contributed by atoms with Crippen molar-refractivity contribution in [1.82, 2.24) is 4.98 Å². The summed E-state index contributed by atoms with van der Waals surface area (Å²) in [6.45, 7) is 2.19. The van der Waals surface area contributed by atoms with Crippen LogP contribution < -0.4 is 0 Å². The Balaban J connectivity index is 2.32. The van der Waals surface area contributed by atoms with Gasteiger partial charge in [0.15, 0.2) is 0 Å². The Labute approximate surface area is 88.6 Å². The third-order valence-corrected chi connectivity index (χ3v) is 3.19. The third-order valence-electron chi connectivity index (χ3n) is 2.06. The number of nitrogens with zero attached hydrogens (tertiary/aromatic N) is 1. The normalized spacial score (nSPS) is 10.6. The van der Waals surface area contributed by atoms with Crippen LogP contribution in [0.4, 0.5) is 0 Å². The Morgan fingerprint density at radius 3 is 2.79 bits per heavy atom. The molecule has 0 atom stereocenters. The first-order valence-corrected chi connectivity index (χ1v) is 5.86. The summed E-state index contributed by atoms with van der Waals surface area (Å²) >= 11 is 1.82. The molecule has 1 aromatic carbocycles. The molecule has 1 aromatic heterocycles. The van der Waals surface area contributed by atoms with Crippen LogP contribution in [0.3, 0.4) is 0 Å². The SMILES string of the molecule is CCCSc1cc2ccccc2cn1. The Morgan fingerprint density at radius 1 is 1.21 bits per heavy atom. The smallest absolute Gasteiger partial charge is 0.0966 e. The average molecular weight is 203 g/mol. The number of fused-ring (bicyclic) bond motifs is 1. The van der Waals surface area contributed by atoms with Gasteiger partial charge in [0.2, 0.25) is 0 Å². The highest BCUT2D eigenvalue weighted by Crippen LogP contribution is 2.21. The Morgan fingerprint density at radius 2 is 2.00 bits per heavy atom. The molecule has 0 aliphatic carbocycles. The first-order valence-electron chi connectivity index (χ1n) is 4.88. The van der Waals surface area contributed by atoms with Crippen molar-refractivity contribution in [2.75, 3.05) is 5.75 Å². The van der Waals surface area contributed by atoms with Gasteiger partial charge in [0, 0.05) is 11.6 Å². The van der Waals surface area contributed by atoms with E-state index in [2.05, 4.69) is 36.2 Å². The molecule has 0 bridgehead atoms. The summed E-state index contributed by atoms with van der Waals surface area (Å²) in [4.78, 5) is 4.41. The monoisotopic (exact) mass is 203 g/mol. The van der Waals surface area contributed by atoms with Gasteiger partial charge >= 0.3 is 0 Å². The lowest BCUT2D eigenvalue weighted by Crippen LogP contribution is -1.82. The number of aromatic nitrogens is 1. The fourth-order valence-electron chi connectivity index (χ4n) is 1.35. The minimum Gasteiger partial charge on any atom is -0.249 e. The molecule has 2 heteroatoms. The van der Waals surface area contributed by atoms with Crippen molar-refractivity contribution in [1.29, 1.82) is 0 Å². The van der Waals surface area contributed by atoms with Crippen LogP contribution in [0.1, 0.15) is 13.3 Å². The van der Waals surface area contributed by atoms with Crippen LogP contribution in [0.2, 0.25) is 0 Å². The molecule has 0 spiro atoms. The van der Waals surface area contributed by atoms with Gasteiger partial charge in [-0.15, -0.1) is 11.8 Å². The Hall–Kier alpha value is -1.02. The molecule has 0 radical (unpaired) electrons. The Bertz CT molecular complexity index is 425. The molecule has 1 nitrogen and oxygen atoms in total. The van der Waals surface area contributed by atoms with Crippen molar-refractivity contribution >= 4 is 22.5 Å². The maximum Gasteiger partial charge on any atom is 0.0966 e. The van der Waals surface area contributed by atoms with E-state index in [-0.39, 0.29) is 0 Å². The van der Waals surface area contributed by atoms with Crippen LogP contribution in [0, 0.1) is 0 Å². The first kappa shape index (κ1) is 9.53.